The van der Waals surface area contributed by atoms with Gasteiger partial charge in [-0.1, -0.05) is 39.5 Å². The summed E-state index contributed by atoms with van der Waals surface area (Å²) in [5.74, 6) is 1.07. The van der Waals surface area contributed by atoms with Crippen LogP contribution in [0.5, 0.6) is 0 Å². The minimum absolute atomic E-state index is 0.176. The first kappa shape index (κ1) is 15.5. The molecule has 1 saturated carbocycles. The van der Waals surface area contributed by atoms with E-state index in [9.17, 15) is 4.79 Å². The van der Waals surface area contributed by atoms with Crippen molar-refractivity contribution in [3.05, 3.63) is 0 Å². The fourth-order valence-electron chi connectivity index (χ4n) is 2.98. The fraction of sp³-hybridized carbons (Fsp3) is 0.933. The topological polar surface area (TPSA) is 55.1 Å². The third-order valence-electron chi connectivity index (χ3n) is 4.64. The van der Waals surface area contributed by atoms with Crippen LogP contribution in [0.1, 0.15) is 71.6 Å². The molecule has 0 spiro atoms. The third kappa shape index (κ3) is 4.60. The van der Waals surface area contributed by atoms with Crippen molar-refractivity contribution in [1.29, 1.82) is 0 Å². The first-order valence-corrected chi connectivity index (χ1v) is 7.67. The highest BCUT2D eigenvalue weighted by Gasteiger charge is 2.26. The first-order chi connectivity index (χ1) is 8.65. The van der Waals surface area contributed by atoms with E-state index in [1.807, 2.05) is 0 Å². The standard InChI is InChI=1S/C15H30N2O/c1-3-15(4-2,12-16)17-14(18)11-7-10-13-8-5-6-9-13/h13H,3-12,16H2,1-2H3,(H,17,18). The quantitative estimate of drug-likeness (QED) is 0.699. The first-order valence-electron chi connectivity index (χ1n) is 7.67. The van der Waals surface area contributed by atoms with Gasteiger partial charge in [-0.05, 0) is 31.6 Å². The Kier molecular flexibility index (Phi) is 6.69. The highest BCUT2D eigenvalue weighted by atomic mass is 16.1. The van der Waals surface area contributed by atoms with Crippen molar-refractivity contribution in [3.63, 3.8) is 0 Å². The Balaban J connectivity index is 2.23. The molecule has 3 heteroatoms. The van der Waals surface area contributed by atoms with Crippen molar-refractivity contribution >= 4 is 5.91 Å². The van der Waals surface area contributed by atoms with Gasteiger partial charge in [0.1, 0.15) is 0 Å². The predicted molar refractivity (Wildman–Crippen MR) is 76.3 cm³/mol. The predicted octanol–water partition coefficient (Wildman–Crippen LogP) is 2.98. The summed E-state index contributed by atoms with van der Waals surface area (Å²) in [6.45, 7) is 4.72. The number of carbonyl (C=O) groups excluding carboxylic acids is 1. The molecule has 0 aromatic carbocycles. The van der Waals surface area contributed by atoms with E-state index in [1.165, 1.54) is 32.1 Å². The van der Waals surface area contributed by atoms with Crippen LogP contribution in [0.15, 0.2) is 0 Å². The van der Waals surface area contributed by atoms with Gasteiger partial charge in [-0.3, -0.25) is 4.79 Å². The lowest BCUT2D eigenvalue weighted by atomic mass is 9.92. The van der Waals surface area contributed by atoms with Gasteiger partial charge < -0.3 is 11.1 Å². The highest BCUT2D eigenvalue weighted by molar-refractivity contribution is 5.76. The Bertz CT molecular complexity index is 235. The second-order valence-corrected chi connectivity index (χ2v) is 5.78. The Labute approximate surface area is 112 Å². The van der Waals surface area contributed by atoms with E-state index in [1.54, 1.807) is 0 Å². The molecule has 0 saturated heterocycles. The smallest absolute Gasteiger partial charge is 0.220 e. The lowest BCUT2D eigenvalue weighted by Crippen LogP contribution is -2.52. The van der Waals surface area contributed by atoms with Gasteiger partial charge in [-0.2, -0.15) is 0 Å². The summed E-state index contributed by atoms with van der Waals surface area (Å²) in [6, 6.07) is 0. The van der Waals surface area contributed by atoms with Crippen molar-refractivity contribution in [2.45, 2.75) is 77.2 Å². The average molecular weight is 254 g/mol. The van der Waals surface area contributed by atoms with Crippen LogP contribution < -0.4 is 11.1 Å². The molecular weight excluding hydrogens is 224 g/mol. The van der Waals surface area contributed by atoms with E-state index >= 15 is 0 Å². The Morgan fingerprint density at radius 3 is 2.39 bits per heavy atom. The normalized spacial score (nSPS) is 17.1. The van der Waals surface area contributed by atoms with Crippen molar-refractivity contribution in [2.75, 3.05) is 6.54 Å². The molecular formula is C15H30N2O. The van der Waals surface area contributed by atoms with Crippen LogP contribution in [-0.2, 0) is 4.79 Å². The highest BCUT2D eigenvalue weighted by Crippen LogP contribution is 2.28. The van der Waals surface area contributed by atoms with Crippen LogP contribution in [-0.4, -0.2) is 18.0 Å². The molecule has 0 aliphatic heterocycles. The Morgan fingerprint density at radius 2 is 1.89 bits per heavy atom. The van der Waals surface area contributed by atoms with Gasteiger partial charge in [-0.25, -0.2) is 0 Å². The maximum absolute atomic E-state index is 11.9. The zero-order valence-electron chi connectivity index (χ0n) is 12.1. The number of hydrogen-bond acceptors (Lipinski definition) is 2. The lowest BCUT2D eigenvalue weighted by molar-refractivity contribution is -0.123. The molecule has 1 rings (SSSR count). The molecule has 0 heterocycles. The second-order valence-electron chi connectivity index (χ2n) is 5.78. The molecule has 3 N–H and O–H groups in total. The molecule has 0 atom stereocenters. The minimum Gasteiger partial charge on any atom is -0.349 e. The molecule has 1 fully saturated rings. The monoisotopic (exact) mass is 254 g/mol. The lowest BCUT2D eigenvalue weighted by Gasteiger charge is -2.31. The van der Waals surface area contributed by atoms with E-state index in [0.29, 0.717) is 13.0 Å². The van der Waals surface area contributed by atoms with Crippen LogP contribution >= 0.6 is 0 Å². The van der Waals surface area contributed by atoms with Crippen molar-refractivity contribution < 1.29 is 4.79 Å². The molecule has 1 aliphatic rings. The number of rotatable bonds is 8. The maximum Gasteiger partial charge on any atom is 0.220 e. The summed E-state index contributed by atoms with van der Waals surface area (Å²) in [5.41, 5.74) is 5.61. The number of hydrogen-bond donors (Lipinski definition) is 2. The SMILES string of the molecule is CCC(CC)(CN)NC(=O)CCCC1CCCC1. The summed E-state index contributed by atoms with van der Waals surface area (Å²) in [4.78, 5) is 11.9. The van der Waals surface area contributed by atoms with E-state index in [-0.39, 0.29) is 11.4 Å². The molecule has 0 aromatic rings. The van der Waals surface area contributed by atoms with E-state index in [2.05, 4.69) is 19.2 Å². The van der Waals surface area contributed by atoms with Crippen LogP contribution in [0.3, 0.4) is 0 Å². The van der Waals surface area contributed by atoms with E-state index < -0.39 is 0 Å². The van der Waals surface area contributed by atoms with Gasteiger partial charge in [0.05, 0.1) is 5.54 Å². The fourth-order valence-corrected chi connectivity index (χ4v) is 2.98. The Morgan fingerprint density at radius 1 is 1.28 bits per heavy atom. The van der Waals surface area contributed by atoms with E-state index in [0.717, 1.165) is 25.2 Å². The van der Waals surface area contributed by atoms with Gasteiger partial charge in [0.2, 0.25) is 5.91 Å². The zero-order valence-corrected chi connectivity index (χ0v) is 12.1. The summed E-state index contributed by atoms with van der Waals surface area (Å²) in [5, 5.41) is 3.14. The number of nitrogens with one attached hydrogen (secondary N) is 1. The van der Waals surface area contributed by atoms with Crippen molar-refractivity contribution in [3.8, 4) is 0 Å². The maximum atomic E-state index is 11.9. The van der Waals surface area contributed by atoms with Crippen LogP contribution in [0.4, 0.5) is 0 Å². The number of amides is 1. The van der Waals surface area contributed by atoms with Crippen LogP contribution in [0.2, 0.25) is 0 Å². The minimum atomic E-state index is -0.176. The van der Waals surface area contributed by atoms with Crippen LogP contribution in [0, 0.1) is 5.92 Å². The summed E-state index contributed by atoms with van der Waals surface area (Å²) >= 11 is 0. The molecule has 1 amide bonds. The van der Waals surface area contributed by atoms with Crippen molar-refractivity contribution in [2.24, 2.45) is 11.7 Å². The number of nitrogens with two attached hydrogens (primary N) is 1. The molecule has 0 radical (unpaired) electrons. The molecule has 0 bridgehead atoms. The van der Waals surface area contributed by atoms with Gasteiger partial charge in [0.25, 0.3) is 0 Å². The summed E-state index contributed by atoms with van der Waals surface area (Å²) in [6.07, 6.45) is 10.3. The van der Waals surface area contributed by atoms with Gasteiger partial charge in [0.15, 0.2) is 0 Å². The summed E-state index contributed by atoms with van der Waals surface area (Å²) < 4.78 is 0. The Hall–Kier alpha value is -0.570. The molecule has 106 valence electrons. The largest absolute Gasteiger partial charge is 0.349 e. The number of carbonyl (C=O) groups is 1. The molecule has 3 nitrogen and oxygen atoms in total. The van der Waals surface area contributed by atoms with Gasteiger partial charge >= 0.3 is 0 Å². The van der Waals surface area contributed by atoms with Crippen LogP contribution in [0.25, 0.3) is 0 Å². The molecule has 18 heavy (non-hydrogen) atoms. The van der Waals surface area contributed by atoms with Gasteiger partial charge in [0, 0.05) is 13.0 Å². The summed E-state index contributed by atoms with van der Waals surface area (Å²) in [7, 11) is 0. The zero-order chi connectivity index (χ0) is 13.4. The van der Waals surface area contributed by atoms with E-state index in [4.69, 9.17) is 5.73 Å². The molecule has 1 aliphatic carbocycles. The second kappa shape index (κ2) is 7.78. The van der Waals surface area contributed by atoms with Crippen molar-refractivity contribution in [1.82, 2.24) is 5.32 Å². The third-order valence-corrected chi connectivity index (χ3v) is 4.64. The molecule has 0 unspecified atom stereocenters. The molecule has 0 aromatic heterocycles. The average Bonchev–Trinajstić information content (AvgIpc) is 2.89. The van der Waals surface area contributed by atoms with Gasteiger partial charge in [-0.15, -0.1) is 0 Å².